The zero-order valence-electron chi connectivity index (χ0n) is 9.56. The van der Waals surface area contributed by atoms with Crippen LogP contribution in [0.15, 0.2) is 12.4 Å². The van der Waals surface area contributed by atoms with Crippen LogP contribution in [0.1, 0.15) is 13.8 Å². The fraction of sp³-hybridized carbons (Fsp3) is 0.636. The zero-order chi connectivity index (χ0) is 11.5. The third-order valence-electron chi connectivity index (χ3n) is 2.80. The molecule has 0 aliphatic carbocycles. The largest absolute Gasteiger partial charge is 0.490 e. The Morgan fingerprint density at radius 3 is 2.62 bits per heavy atom. The van der Waals surface area contributed by atoms with Crippen molar-refractivity contribution in [2.24, 2.45) is 5.92 Å². The highest BCUT2D eigenvalue weighted by molar-refractivity contribution is 6.28. The van der Waals surface area contributed by atoms with Crippen LogP contribution < -0.4 is 4.74 Å². The van der Waals surface area contributed by atoms with E-state index in [9.17, 15) is 0 Å². The molecule has 5 heteroatoms. The van der Waals surface area contributed by atoms with Crippen molar-refractivity contribution in [2.75, 3.05) is 19.7 Å². The summed E-state index contributed by atoms with van der Waals surface area (Å²) in [5.41, 5.74) is 0. The van der Waals surface area contributed by atoms with E-state index in [0.29, 0.717) is 17.7 Å². The van der Waals surface area contributed by atoms with E-state index in [1.807, 2.05) is 0 Å². The molecule has 4 nitrogen and oxygen atoms in total. The first-order valence-corrected chi connectivity index (χ1v) is 5.87. The topological polar surface area (TPSA) is 38.2 Å². The average molecular weight is 242 g/mol. The van der Waals surface area contributed by atoms with Crippen LogP contribution >= 0.6 is 11.6 Å². The lowest BCUT2D eigenvalue weighted by atomic mass is 9.99. The first-order valence-electron chi connectivity index (χ1n) is 5.49. The van der Waals surface area contributed by atoms with Crippen molar-refractivity contribution < 1.29 is 4.74 Å². The first kappa shape index (κ1) is 11.6. The van der Waals surface area contributed by atoms with Crippen molar-refractivity contribution in [3.05, 3.63) is 17.7 Å². The summed E-state index contributed by atoms with van der Waals surface area (Å²) in [4.78, 5) is 10.1. The molecule has 0 atom stereocenters. The van der Waals surface area contributed by atoms with Gasteiger partial charge in [-0.15, -0.1) is 0 Å². The molecule has 0 amide bonds. The molecule has 0 radical (unpaired) electrons. The number of halogens is 1. The number of likely N-dealkylation sites (tertiary alicyclic amines) is 1. The predicted molar refractivity (Wildman–Crippen MR) is 62.7 cm³/mol. The molecule has 1 aromatic rings. The van der Waals surface area contributed by atoms with Crippen molar-refractivity contribution in [3.63, 3.8) is 0 Å². The Bertz CT molecular complexity index is 336. The standard InChI is InChI=1S/C11H16ClN3O/c1-8(2)15-5-9(6-15)7-16-10-3-13-11(12)14-4-10/h3-4,8-9H,5-7H2,1-2H3. The summed E-state index contributed by atoms with van der Waals surface area (Å²) in [6, 6.07) is 0.634. The Hall–Kier alpha value is -0.870. The molecule has 1 aromatic heterocycles. The maximum Gasteiger partial charge on any atom is 0.222 e. The van der Waals surface area contributed by atoms with Gasteiger partial charge in [0.2, 0.25) is 5.28 Å². The third kappa shape index (κ3) is 2.83. The molecule has 1 saturated heterocycles. The molecule has 16 heavy (non-hydrogen) atoms. The molecule has 0 bridgehead atoms. The van der Waals surface area contributed by atoms with Gasteiger partial charge in [-0.3, -0.25) is 0 Å². The van der Waals surface area contributed by atoms with Crippen molar-refractivity contribution >= 4 is 11.6 Å². The first-order chi connectivity index (χ1) is 7.65. The second kappa shape index (κ2) is 4.97. The Morgan fingerprint density at radius 2 is 2.06 bits per heavy atom. The van der Waals surface area contributed by atoms with E-state index in [0.717, 1.165) is 19.7 Å². The second-order valence-corrected chi connectivity index (χ2v) is 4.75. The lowest BCUT2D eigenvalue weighted by Gasteiger charge is -2.41. The van der Waals surface area contributed by atoms with Gasteiger partial charge in [0, 0.05) is 25.0 Å². The van der Waals surface area contributed by atoms with Crippen LogP contribution in [-0.2, 0) is 0 Å². The SMILES string of the molecule is CC(C)N1CC(COc2cnc(Cl)nc2)C1. The summed E-state index contributed by atoms with van der Waals surface area (Å²) in [7, 11) is 0. The summed E-state index contributed by atoms with van der Waals surface area (Å²) in [5, 5.41) is 0.252. The van der Waals surface area contributed by atoms with Crippen LogP contribution in [0.4, 0.5) is 0 Å². The van der Waals surface area contributed by atoms with Gasteiger partial charge in [-0.2, -0.15) is 0 Å². The fourth-order valence-corrected chi connectivity index (χ4v) is 1.82. The van der Waals surface area contributed by atoms with Crippen LogP contribution in [0, 0.1) is 5.92 Å². The number of hydrogen-bond donors (Lipinski definition) is 0. The Morgan fingerprint density at radius 1 is 1.44 bits per heavy atom. The van der Waals surface area contributed by atoms with Crippen molar-refractivity contribution in [3.8, 4) is 5.75 Å². The Kier molecular flexibility index (Phi) is 3.61. The Balaban J connectivity index is 1.71. The molecule has 2 rings (SSSR count). The van der Waals surface area contributed by atoms with E-state index < -0.39 is 0 Å². The number of aromatic nitrogens is 2. The van der Waals surface area contributed by atoms with Crippen LogP contribution in [0.2, 0.25) is 5.28 Å². The van der Waals surface area contributed by atoms with Crippen molar-refractivity contribution in [1.82, 2.24) is 14.9 Å². The molecule has 0 aromatic carbocycles. The van der Waals surface area contributed by atoms with Gasteiger partial charge in [0.25, 0.3) is 0 Å². The van der Waals surface area contributed by atoms with Crippen LogP contribution in [0.3, 0.4) is 0 Å². The summed E-state index contributed by atoms with van der Waals surface area (Å²) in [6.45, 7) is 7.39. The van der Waals surface area contributed by atoms with Gasteiger partial charge < -0.3 is 9.64 Å². The van der Waals surface area contributed by atoms with E-state index in [-0.39, 0.29) is 5.28 Å². The summed E-state index contributed by atoms with van der Waals surface area (Å²) < 4.78 is 5.58. The second-order valence-electron chi connectivity index (χ2n) is 4.41. The minimum atomic E-state index is 0.252. The molecule has 2 heterocycles. The highest BCUT2D eigenvalue weighted by atomic mass is 35.5. The van der Waals surface area contributed by atoms with E-state index in [1.54, 1.807) is 12.4 Å². The van der Waals surface area contributed by atoms with Gasteiger partial charge in [0.1, 0.15) is 0 Å². The van der Waals surface area contributed by atoms with Crippen molar-refractivity contribution in [1.29, 1.82) is 0 Å². The third-order valence-corrected chi connectivity index (χ3v) is 2.99. The molecule has 1 fully saturated rings. The van der Waals surface area contributed by atoms with Gasteiger partial charge in [0.15, 0.2) is 5.75 Å². The van der Waals surface area contributed by atoms with Gasteiger partial charge in [0.05, 0.1) is 19.0 Å². The maximum atomic E-state index is 5.58. The number of hydrogen-bond acceptors (Lipinski definition) is 4. The summed E-state index contributed by atoms with van der Waals surface area (Å²) >= 11 is 5.58. The number of ether oxygens (including phenoxy) is 1. The summed E-state index contributed by atoms with van der Waals surface area (Å²) in [5.74, 6) is 1.31. The van der Waals surface area contributed by atoms with Gasteiger partial charge in [-0.25, -0.2) is 9.97 Å². The smallest absolute Gasteiger partial charge is 0.222 e. The average Bonchev–Trinajstić information content (AvgIpc) is 2.18. The molecule has 1 aliphatic heterocycles. The molecule has 0 spiro atoms. The normalized spacial score (nSPS) is 17.5. The minimum absolute atomic E-state index is 0.252. The molecule has 1 aliphatic rings. The molecule has 0 N–H and O–H groups in total. The molecule has 88 valence electrons. The van der Waals surface area contributed by atoms with Gasteiger partial charge >= 0.3 is 0 Å². The number of rotatable bonds is 4. The highest BCUT2D eigenvalue weighted by Gasteiger charge is 2.28. The van der Waals surface area contributed by atoms with Crippen molar-refractivity contribution in [2.45, 2.75) is 19.9 Å². The Labute approximate surface area is 101 Å². The minimum Gasteiger partial charge on any atom is -0.490 e. The fourth-order valence-electron chi connectivity index (χ4n) is 1.73. The predicted octanol–water partition coefficient (Wildman–Crippen LogP) is 1.85. The van der Waals surface area contributed by atoms with E-state index in [4.69, 9.17) is 16.3 Å². The lowest BCUT2D eigenvalue weighted by Crippen LogP contribution is -2.52. The quantitative estimate of drug-likeness (QED) is 0.755. The van der Waals surface area contributed by atoms with E-state index in [1.165, 1.54) is 0 Å². The van der Waals surface area contributed by atoms with Crippen LogP contribution in [0.25, 0.3) is 0 Å². The van der Waals surface area contributed by atoms with Gasteiger partial charge in [-0.1, -0.05) is 0 Å². The van der Waals surface area contributed by atoms with Crippen LogP contribution in [-0.4, -0.2) is 40.6 Å². The van der Waals surface area contributed by atoms with Gasteiger partial charge in [-0.05, 0) is 25.4 Å². The van der Waals surface area contributed by atoms with Crippen LogP contribution in [0.5, 0.6) is 5.75 Å². The zero-order valence-corrected chi connectivity index (χ0v) is 10.3. The molecular formula is C11H16ClN3O. The monoisotopic (exact) mass is 241 g/mol. The summed E-state index contributed by atoms with van der Waals surface area (Å²) in [6.07, 6.45) is 3.21. The number of nitrogens with zero attached hydrogens (tertiary/aromatic N) is 3. The van der Waals surface area contributed by atoms with E-state index >= 15 is 0 Å². The van der Waals surface area contributed by atoms with E-state index in [2.05, 4.69) is 28.7 Å². The molecule has 0 saturated carbocycles. The molecular weight excluding hydrogens is 226 g/mol. The molecule has 0 unspecified atom stereocenters. The lowest BCUT2D eigenvalue weighted by molar-refractivity contribution is 0.0373. The maximum absolute atomic E-state index is 5.58. The highest BCUT2D eigenvalue weighted by Crippen LogP contribution is 2.19.